The number of aldehydes is 1. The molecule has 1 aliphatic heterocycles. The molecule has 0 radical (unpaired) electrons. The lowest BCUT2D eigenvalue weighted by Crippen LogP contribution is -2.18. The van der Waals surface area contributed by atoms with Crippen molar-refractivity contribution >= 4 is 23.0 Å². The van der Waals surface area contributed by atoms with E-state index in [1.807, 2.05) is 30.3 Å². The number of carbonyl (C=O) groups is 1. The van der Waals surface area contributed by atoms with Crippen LogP contribution < -0.4 is 4.90 Å². The maximum atomic E-state index is 11.0. The molecule has 0 unspecified atom stereocenters. The van der Waals surface area contributed by atoms with Crippen molar-refractivity contribution in [1.29, 1.82) is 0 Å². The molecule has 2 aromatic rings. The molecule has 3 heteroatoms. The molecular weight excluding hydrogens is 212 g/mol. The molecule has 1 saturated heterocycles. The predicted octanol–water partition coefficient (Wildman–Crippen LogP) is 2.65. The Morgan fingerprint density at radius 1 is 1.12 bits per heavy atom. The summed E-state index contributed by atoms with van der Waals surface area (Å²) in [6.07, 6.45) is 3.34. The molecule has 0 saturated carbocycles. The second-order valence-corrected chi connectivity index (χ2v) is 4.40. The van der Waals surface area contributed by atoms with Gasteiger partial charge in [-0.2, -0.15) is 0 Å². The third kappa shape index (κ3) is 1.78. The van der Waals surface area contributed by atoms with E-state index in [1.54, 1.807) is 0 Å². The van der Waals surface area contributed by atoms with E-state index in [1.165, 1.54) is 12.8 Å². The summed E-state index contributed by atoms with van der Waals surface area (Å²) >= 11 is 0. The molecule has 0 atom stereocenters. The van der Waals surface area contributed by atoms with Crippen LogP contribution in [0.4, 0.5) is 5.82 Å². The van der Waals surface area contributed by atoms with E-state index in [2.05, 4.69) is 9.88 Å². The van der Waals surface area contributed by atoms with Gasteiger partial charge in [-0.3, -0.25) is 4.79 Å². The number of anilines is 1. The lowest BCUT2D eigenvalue weighted by atomic mass is 10.1. The zero-order valence-electron chi connectivity index (χ0n) is 9.60. The fourth-order valence-corrected chi connectivity index (χ4v) is 2.38. The van der Waals surface area contributed by atoms with Gasteiger partial charge in [-0.05, 0) is 31.0 Å². The number of rotatable bonds is 2. The van der Waals surface area contributed by atoms with Gasteiger partial charge in [0.2, 0.25) is 0 Å². The molecule has 86 valence electrons. The van der Waals surface area contributed by atoms with Gasteiger partial charge in [0.1, 0.15) is 5.82 Å². The maximum absolute atomic E-state index is 11.0. The summed E-state index contributed by atoms with van der Waals surface area (Å²) in [5.74, 6) is 0.990. The Morgan fingerprint density at radius 2 is 1.94 bits per heavy atom. The van der Waals surface area contributed by atoms with Gasteiger partial charge in [-0.1, -0.05) is 12.1 Å². The Bertz CT molecular complexity index is 559. The highest BCUT2D eigenvalue weighted by Gasteiger charge is 2.14. The van der Waals surface area contributed by atoms with Crippen molar-refractivity contribution in [3.8, 4) is 0 Å². The van der Waals surface area contributed by atoms with Crippen LogP contribution in [0.25, 0.3) is 10.9 Å². The number of nitrogens with zero attached hydrogens (tertiary/aromatic N) is 2. The van der Waals surface area contributed by atoms with Gasteiger partial charge in [0.05, 0.1) is 5.52 Å². The monoisotopic (exact) mass is 226 g/mol. The van der Waals surface area contributed by atoms with Crippen LogP contribution in [-0.4, -0.2) is 24.4 Å². The highest BCUT2D eigenvalue weighted by atomic mass is 16.1. The van der Waals surface area contributed by atoms with Crippen LogP contribution in [0.15, 0.2) is 30.3 Å². The predicted molar refractivity (Wildman–Crippen MR) is 68.6 cm³/mol. The summed E-state index contributed by atoms with van der Waals surface area (Å²) < 4.78 is 0. The number of pyridine rings is 1. The van der Waals surface area contributed by atoms with E-state index in [0.717, 1.165) is 36.1 Å². The van der Waals surface area contributed by atoms with Crippen molar-refractivity contribution in [1.82, 2.24) is 4.98 Å². The number of carbonyl (C=O) groups excluding carboxylic acids is 1. The molecule has 2 heterocycles. The quantitative estimate of drug-likeness (QED) is 0.738. The Morgan fingerprint density at radius 3 is 2.71 bits per heavy atom. The summed E-state index contributed by atoms with van der Waals surface area (Å²) in [5, 5.41) is 1.03. The fraction of sp³-hybridized carbons (Fsp3) is 0.286. The Labute approximate surface area is 100 Å². The zero-order valence-corrected chi connectivity index (χ0v) is 9.60. The number of para-hydroxylation sites is 1. The smallest absolute Gasteiger partial charge is 0.152 e. The van der Waals surface area contributed by atoms with Crippen molar-refractivity contribution in [3.63, 3.8) is 0 Å². The average molecular weight is 226 g/mol. The molecular formula is C14H14N2O. The number of benzene rings is 1. The minimum absolute atomic E-state index is 0.670. The van der Waals surface area contributed by atoms with Crippen molar-refractivity contribution < 1.29 is 4.79 Å². The average Bonchev–Trinajstić information content (AvgIpc) is 2.91. The molecule has 0 bridgehead atoms. The largest absolute Gasteiger partial charge is 0.357 e. The lowest BCUT2D eigenvalue weighted by Gasteiger charge is -2.16. The van der Waals surface area contributed by atoms with E-state index < -0.39 is 0 Å². The van der Waals surface area contributed by atoms with Gasteiger partial charge in [0.15, 0.2) is 6.29 Å². The second-order valence-electron chi connectivity index (χ2n) is 4.40. The van der Waals surface area contributed by atoms with Crippen molar-refractivity contribution in [2.45, 2.75) is 12.8 Å². The molecule has 0 amide bonds. The Hall–Kier alpha value is -1.90. The van der Waals surface area contributed by atoms with Crippen LogP contribution >= 0.6 is 0 Å². The number of hydrogen-bond donors (Lipinski definition) is 0. The fourth-order valence-electron chi connectivity index (χ4n) is 2.38. The summed E-state index contributed by atoms with van der Waals surface area (Å²) in [7, 11) is 0. The summed E-state index contributed by atoms with van der Waals surface area (Å²) in [6, 6.07) is 9.79. The lowest BCUT2D eigenvalue weighted by molar-refractivity contribution is 0.112. The van der Waals surface area contributed by atoms with E-state index in [0.29, 0.717) is 5.56 Å². The van der Waals surface area contributed by atoms with Gasteiger partial charge in [0, 0.05) is 24.0 Å². The first kappa shape index (κ1) is 10.3. The Balaban J connectivity index is 2.13. The van der Waals surface area contributed by atoms with Crippen molar-refractivity contribution in [2.75, 3.05) is 18.0 Å². The minimum Gasteiger partial charge on any atom is -0.357 e. The molecule has 17 heavy (non-hydrogen) atoms. The second kappa shape index (κ2) is 4.17. The summed E-state index contributed by atoms with van der Waals surface area (Å²) in [4.78, 5) is 17.9. The van der Waals surface area contributed by atoms with Crippen LogP contribution in [0.1, 0.15) is 23.2 Å². The molecule has 3 rings (SSSR count). The van der Waals surface area contributed by atoms with Crippen LogP contribution in [0.5, 0.6) is 0 Å². The zero-order chi connectivity index (χ0) is 11.7. The maximum Gasteiger partial charge on any atom is 0.152 e. The SMILES string of the molecule is O=Cc1cccc2ccc(N3CCCC3)nc12. The number of hydrogen-bond acceptors (Lipinski definition) is 3. The molecule has 0 spiro atoms. The van der Waals surface area contributed by atoms with E-state index in [-0.39, 0.29) is 0 Å². The van der Waals surface area contributed by atoms with Crippen molar-refractivity contribution in [3.05, 3.63) is 35.9 Å². The first-order valence-electron chi connectivity index (χ1n) is 5.98. The normalized spacial score (nSPS) is 15.4. The number of aromatic nitrogens is 1. The molecule has 1 fully saturated rings. The minimum atomic E-state index is 0.670. The topological polar surface area (TPSA) is 33.2 Å². The highest BCUT2D eigenvalue weighted by Crippen LogP contribution is 2.22. The van der Waals surface area contributed by atoms with Crippen LogP contribution in [0.2, 0.25) is 0 Å². The van der Waals surface area contributed by atoms with Crippen molar-refractivity contribution in [2.24, 2.45) is 0 Å². The van der Waals surface area contributed by atoms with Crippen LogP contribution in [0.3, 0.4) is 0 Å². The number of fused-ring (bicyclic) bond motifs is 1. The standard InChI is InChI=1S/C14H14N2O/c17-10-12-5-3-4-11-6-7-13(15-14(11)12)16-8-1-2-9-16/h3-7,10H,1-2,8-9H2. The highest BCUT2D eigenvalue weighted by molar-refractivity contribution is 5.96. The molecule has 1 aromatic heterocycles. The molecule has 0 aliphatic carbocycles. The third-order valence-corrected chi connectivity index (χ3v) is 3.29. The van der Waals surface area contributed by atoms with Crippen LogP contribution in [0, 0.1) is 0 Å². The molecule has 3 nitrogen and oxygen atoms in total. The van der Waals surface area contributed by atoms with Gasteiger partial charge in [-0.25, -0.2) is 4.98 Å². The molecule has 1 aromatic carbocycles. The van der Waals surface area contributed by atoms with E-state index >= 15 is 0 Å². The van der Waals surface area contributed by atoms with E-state index in [4.69, 9.17) is 0 Å². The first-order valence-corrected chi connectivity index (χ1v) is 5.98. The van der Waals surface area contributed by atoms with Gasteiger partial charge < -0.3 is 4.90 Å². The van der Waals surface area contributed by atoms with E-state index in [9.17, 15) is 4.79 Å². The summed E-state index contributed by atoms with van der Waals surface area (Å²) in [6.45, 7) is 2.14. The van der Waals surface area contributed by atoms with Crippen LogP contribution in [-0.2, 0) is 0 Å². The van der Waals surface area contributed by atoms with Gasteiger partial charge >= 0.3 is 0 Å². The Kier molecular flexibility index (Phi) is 2.52. The molecule has 1 aliphatic rings. The van der Waals surface area contributed by atoms with Gasteiger partial charge in [0.25, 0.3) is 0 Å². The molecule has 0 N–H and O–H groups in total. The summed E-state index contributed by atoms with van der Waals surface area (Å²) in [5.41, 5.74) is 1.48. The third-order valence-electron chi connectivity index (χ3n) is 3.29. The first-order chi connectivity index (χ1) is 8.38. The van der Waals surface area contributed by atoms with Gasteiger partial charge in [-0.15, -0.1) is 0 Å².